The van der Waals surface area contributed by atoms with Crippen molar-refractivity contribution in [2.24, 2.45) is 4.99 Å². The number of nitrogens with zero attached hydrogens (tertiary/aromatic N) is 3. The molecule has 1 aliphatic rings. The number of ether oxygens (including phenoxy) is 2. The molecule has 11 heteroatoms. The molecule has 4 rings (SSSR count). The number of hydrogen-bond donors (Lipinski definition) is 2. The maximum atomic E-state index is 13.6. The van der Waals surface area contributed by atoms with E-state index in [0.717, 1.165) is 41.5 Å². The van der Waals surface area contributed by atoms with Crippen molar-refractivity contribution in [1.29, 1.82) is 0 Å². The van der Waals surface area contributed by atoms with E-state index < -0.39 is 23.8 Å². The topological polar surface area (TPSA) is 109 Å². The van der Waals surface area contributed by atoms with Crippen LogP contribution in [0.4, 0.5) is 4.39 Å². The van der Waals surface area contributed by atoms with E-state index in [4.69, 9.17) is 26.1 Å². The average molecular weight is 531 g/mol. The lowest BCUT2D eigenvalue weighted by molar-refractivity contribution is -0.136. The summed E-state index contributed by atoms with van der Waals surface area (Å²) in [5.41, 5.74) is 2.28. The minimum Gasteiger partial charge on any atom is -0.481 e. The van der Waals surface area contributed by atoms with Gasteiger partial charge in [0, 0.05) is 26.7 Å². The van der Waals surface area contributed by atoms with Crippen LogP contribution >= 0.6 is 11.6 Å². The molecular weight excluding hydrogens is 503 g/mol. The Morgan fingerprint density at radius 2 is 1.95 bits per heavy atom. The van der Waals surface area contributed by atoms with Crippen molar-refractivity contribution in [2.45, 2.75) is 19.5 Å². The van der Waals surface area contributed by atoms with Gasteiger partial charge in [0.2, 0.25) is 0 Å². The molecule has 2 N–H and O–H groups in total. The lowest BCUT2D eigenvalue weighted by atomic mass is 10.1. The monoisotopic (exact) mass is 530 g/mol. The van der Waals surface area contributed by atoms with E-state index in [2.05, 4.69) is 10.00 Å². The maximum absolute atomic E-state index is 13.6. The minimum absolute atomic E-state index is 0.000884. The Kier molecular flexibility index (Phi) is 8.88. The van der Waals surface area contributed by atoms with Gasteiger partial charge in [-0.25, -0.2) is 9.07 Å². The highest BCUT2D eigenvalue weighted by Gasteiger charge is 2.23. The van der Waals surface area contributed by atoms with Crippen LogP contribution in [0.3, 0.4) is 0 Å². The molecule has 1 aliphatic heterocycles. The van der Waals surface area contributed by atoms with Crippen molar-refractivity contribution in [2.75, 3.05) is 40.0 Å². The van der Waals surface area contributed by atoms with Crippen LogP contribution < -0.4 is 5.56 Å². The Morgan fingerprint density at radius 1 is 1.22 bits per heavy atom. The minimum atomic E-state index is -1.13. The standard InChI is InChI=1S/C26H28ClFN4O5/c1-36-16-22(29-14-17-4-2-3-5-18(17)15-31-8-10-37-11-9-31)25-21(13-24(33)34)30-32(26(25)35)23-7-6-19(28)12-20(23)27/h2-7,12,30H,8-11,13-16H2,1H3,(H,33,34). The number of aliphatic imine (C=N–C) groups is 1. The van der Waals surface area contributed by atoms with Gasteiger partial charge in [-0.1, -0.05) is 35.9 Å². The molecule has 0 aliphatic carbocycles. The van der Waals surface area contributed by atoms with Crippen LogP contribution in [0, 0.1) is 5.82 Å². The molecule has 0 saturated carbocycles. The third-order valence-corrected chi connectivity index (χ3v) is 6.37. The fraction of sp³-hybridized carbons (Fsp3) is 0.346. The van der Waals surface area contributed by atoms with Gasteiger partial charge >= 0.3 is 5.97 Å². The number of aromatic amines is 1. The van der Waals surface area contributed by atoms with E-state index in [1.54, 1.807) is 0 Å². The Balaban J connectivity index is 1.72. The first-order valence-electron chi connectivity index (χ1n) is 11.8. The molecule has 3 aromatic rings. The summed E-state index contributed by atoms with van der Waals surface area (Å²) < 4.78 is 25.5. The Hall–Kier alpha value is -3.31. The van der Waals surface area contributed by atoms with E-state index in [1.165, 1.54) is 19.2 Å². The van der Waals surface area contributed by atoms with Crippen molar-refractivity contribution >= 4 is 23.3 Å². The van der Waals surface area contributed by atoms with Crippen molar-refractivity contribution in [1.82, 2.24) is 14.7 Å². The number of benzene rings is 2. The zero-order chi connectivity index (χ0) is 26.4. The molecule has 9 nitrogen and oxygen atoms in total. The van der Waals surface area contributed by atoms with Crippen LogP contribution in [0.1, 0.15) is 22.4 Å². The number of carboxylic acids is 1. The number of halogens is 2. The van der Waals surface area contributed by atoms with E-state index in [-0.39, 0.29) is 35.1 Å². The molecule has 2 aromatic carbocycles. The molecular formula is C26H28ClFN4O5. The molecule has 0 unspecified atom stereocenters. The summed E-state index contributed by atoms with van der Waals surface area (Å²) >= 11 is 6.18. The number of morpholine rings is 1. The summed E-state index contributed by atoms with van der Waals surface area (Å²) in [4.78, 5) is 32.1. The molecule has 2 heterocycles. The Bertz CT molecular complexity index is 1350. The highest BCUT2D eigenvalue weighted by Crippen LogP contribution is 2.21. The largest absolute Gasteiger partial charge is 0.481 e. The number of aromatic nitrogens is 2. The molecule has 196 valence electrons. The normalized spacial score (nSPS) is 14.7. The van der Waals surface area contributed by atoms with Gasteiger partial charge in [0.15, 0.2) is 0 Å². The second-order valence-electron chi connectivity index (χ2n) is 8.63. The van der Waals surface area contributed by atoms with Crippen molar-refractivity contribution in [3.63, 3.8) is 0 Å². The average Bonchev–Trinajstić information content (AvgIpc) is 3.17. The first-order chi connectivity index (χ1) is 17.9. The lowest BCUT2D eigenvalue weighted by Crippen LogP contribution is -2.35. The van der Waals surface area contributed by atoms with Gasteiger partial charge in [-0.3, -0.25) is 24.6 Å². The molecule has 0 spiro atoms. The van der Waals surface area contributed by atoms with E-state index in [0.29, 0.717) is 18.9 Å². The number of carbonyl (C=O) groups is 1. The van der Waals surface area contributed by atoms with Gasteiger partial charge in [0.1, 0.15) is 5.82 Å². The van der Waals surface area contributed by atoms with Gasteiger partial charge in [0.05, 0.1) is 60.5 Å². The van der Waals surface area contributed by atoms with Gasteiger partial charge < -0.3 is 14.6 Å². The summed E-state index contributed by atoms with van der Waals surface area (Å²) in [5, 5.41) is 12.3. The van der Waals surface area contributed by atoms with Gasteiger partial charge in [-0.05, 0) is 29.3 Å². The molecule has 0 radical (unpaired) electrons. The molecule has 0 atom stereocenters. The number of methoxy groups -OCH3 is 1. The van der Waals surface area contributed by atoms with Crippen LogP contribution in [0.25, 0.3) is 5.69 Å². The molecule has 1 aromatic heterocycles. The highest BCUT2D eigenvalue weighted by atomic mass is 35.5. The number of nitrogens with one attached hydrogen (secondary N) is 1. The number of hydrogen-bond acceptors (Lipinski definition) is 6. The summed E-state index contributed by atoms with van der Waals surface area (Å²) in [6.45, 7) is 4.10. The smallest absolute Gasteiger partial charge is 0.309 e. The van der Waals surface area contributed by atoms with Gasteiger partial charge in [0.25, 0.3) is 5.56 Å². The second kappa shape index (κ2) is 12.3. The maximum Gasteiger partial charge on any atom is 0.309 e. The Labute approximate surface area is 218 Å². The van der Waals surface area contributed by atoms with Crippen molar-refractivity contribution in [3.8, 4) is 5.69 Å². The van der Waals surface area contributed by atoms with Crippen LogP contribution in [0.15, 0.2) is 52.3 Å². The molecule has 0 bridgehead atoms. The Morgan fingerprint density at radius 3 is 2.62 bits per heavy atom. The fourth-order valence-electron chi connectivity index (χ4n) is 4.27. The van der Waals surface area contributed by atoms with Gasteiger partial charge in [-0.2, -0.15) is 0 Å². The summed E-state index contributed by atoms with van der Waals surface area (Å²) in [6.07, 6.45) is -0.452. The van der Waals surface area contributed by atoms with Crippen molar-refractivity contribution < 1.29 is 23.8 Å². The van der Waals surface area contributed by atoms with Crippen LogP contribution in [0.2, 0.25) is 5.02 Å². The van der Waals surface area contributed by atoms with Crippen LogP contribution in [-0.2, 0) is 33.8 Å². The first kappa shape index (κ1) is 26.7. The third-order valence-electron chi connectivity index (χ3n) is 6.07. The number of carboxylic acid groups (broad SMARTS) is 1. The fourth-order valence-corrected chi connectivity index (χ4v) is 4.52. The summed E-state index contributed by atoms with van der Waals surface area (Å²) in [7, 11) is 1.47. The number of aliphatic carboxylic acids is 1. The number of H-pyrrole nitrogens is 1. The zero-order valence-corrected chi connectivity index (χ0v) is 21.1. The molecule has 0 amide bonds. The summed E-state index contributed by atoms with van der Waals surface area (Å²) in [5.74, 6) is -1.69. The predicted octanol–water partition coefficient (Wildman–Crippen LogP) is 3.05. The highest BCUT2D eigenvalue weighted by molar-refractivity contribution is 6.32. The lowest BCUT2D eigenvalue weighted by Gasteiger charge is -2.27. The second-order valence-corrected chi connectivity index (χ2v) is 9.03. The number of rotatable bonds is 10. The van der Waals surface area contributed by atoms with Gasteiger partial charge in [-0.15, -0.1) is 0 Å². The molecule has 1 fully saturated rings. The SMILES string of the molecule is COCC(=NCc1ccccc1CN1CCOCC1)c1c(CC(=O)O)[nH]n(-c2ccc(F)cc2Cl)c1=O. The van der Waals surface area contributed by atoms with Crippen LogP contribution in [0.5, 0.6) is 0 Å². The molecule has 37 heavy (non-hydrogen) atoms. The zero-order valence-electron chi connectivity index (χ0n) is 20.4. The first-order valence-corrected chi connectivity index (χ1v) is 12.2. The predicted molar refractivity (Wildman–Crippen MR) is 137 cm³/mol. The van der Waals surface area contributed by atoms with E-state index in [9.17, 15) is 19.1 Å². The van der Waals surface area contributed by atoms with E-state index in [1.807, 2.05) is 24.3 Å². The quantitative estimate of drug-likeness (QED) is 0.390. The van der Waals surface area contributed by atoms with Crippen LogP contribution in [-0.4, -0.2) is 71.5 Å². The summed E-state index contributed by atoms with van der Waals surface area (Å²) in [6, 6.07) is 11.5. The molecule has 1 saturated heterocycles. The third kappa shape index (κ3) is 6.53. The van der Waals surface area contributed by atoms with E-state index >= 15 is 0 Å². The van der Waals surface area contributed by atoms with Crippen molar-refractivity contribution in [3.05, 3.63) is 86.0 Å².